The van der Waals surface area contributed by atoms with Gasteiger partial charge in [0.2, 0.25) is 0 Å². The first-order valence-corrected chi connectivity index (χ1v) is 9.36. The van der Waals surface area contributed by atoms with Gasteiger partial charge in [-0.1, -0.05) is 25.7 Å². The Kier molecular flexibility index (Phi) is 6.23. The quantitative estimate of drug-likeness (QED) is 0.627. The molecule has 0 bridgehead atoms. The second-order valence-electron chi connectivity index (χ2n) is 6.91. The number of amides is 1. The van der Waals surface area contributed by atoms with Gasteiger partial charge in [-0.2, -0.15) is 5.10 Å². The molecule has 0 aliphatic heterocycles. The average Bonchev–Trinajstić information content (AvgIpc) is 2.90. The van der Waals surface area contributed by atoms with Gasteiger partial charge in [0.1, 0.15) is 0 Å². The van der Waals surface area contributed by atoms with Crippen molar-refractivity contribution in [1.29, 1.82) is 0 Å². The molecule has 5 nitrogen and oxygen atoms in total. The van der Waals surface area contributed by atoms with Crippen molar-refractivity contribution in [3.63, 3.8) is 0 Å². The maximum atomic E-state index is 12.2. The molecule has 25 heavy (non-hydrogen) atoms. The second kappa shape index (κ2) is 8.81. The van der Waals surface area contributed by atoms with Crippen molar-refractivity contribution in [2.24, 2.45) is 0 Å². The summed E-state index contributed by atoms with van der Waals surface area (Å²) in [5, 5.41) is 10.8. The van der Waals surface area contributed by atoms with Crippen molar-refractivity contribution in [1.82, 2.24) is 20.4 Å². The molecule has 2 aromatic rings. The summed E-state index contributed by atoms with van der Waals surface area (Å²) in [4.78, 5) is 12.2. The van der Waals surface area contributed by atoms with Gasteiger partial charge in [0, 0.05) is 30.9 Å². The van der Waals surface area contributed by atoms with Crippen LogP contribution >= 0.6 is 0 Å². The maximum Gasteiger partial charge on any atom is 0.251 e. The van der Waals surface area contributed by atoms with Crippen molar-refractivity contribution < 1.29 is 4.79 Å². The minimum atomic E-state index is -0.0223. The molecule has 0 radical (unpaired) electrons. The van der Waals surface area contributed by atoms with Gasteiger partial charge in [0.25, 0.3) is 5.91 Å². The Labute approximate surface area is 149 Å². The summed E-state index contributed by atoms with van der Waals surface area (Å²) in [6.45, 7) is 3.50. The van der Waals surface area contributed by atoms with E-state index in [0.717, 1.165) is 17.8 Å². The van der Waals surface area contributed by atoms with E-state index >= 15 is 0 Å². The van der Waals surface area contributed by atoms with Gasteiger partial charge < -0.3 is 10.6 Å². The minimum absolute atomic E-state index is 0.0223. The van der Waals surface area contributed by atoms with E-state index < -0.39 is 0 Å². The molecule has 0 atom stereocenters. The number of carbonyl (C=O) groups excluding carboxylic acids is 1. The smallest absolute Gasteiger partial charge is 0.251 e. The summed E-state index contributed by atoms with van der Waals surface area (Å²) in [6.07, 6.45) is 11.7. The Morgan fingerprint density at radius 3 is 2.48 bits per heavy atom. The minimum Gasteiger partial charge on any atom is -0.351 e. The van der Waals surface area contributed by atoms with E-state index in [9.17, 15) is 4.79 Å². The Balaban J connectivity index is 1.43. The summed E-state index contributed by atoms with van der Waals surface area (Å²) in [5.41, 5.74) is 2.75. The van der Waals surface area contributed by atoms with Crippen LogP contribution in [0, 0.1) is 6.92 Å². The van der Waals surface area contributed by atoms with E-state index in [-0.39, 0.29) is 5.91 Å². The first-order chi connectivity index (χ1) is 12.2. The highest BCUT2D eigenvalue weighted by atomic mass is 16.1. The lowest BCUT2D eigenvalue weighted by molar-refractivity contribution is 0.0953. The van der Waals surface area contributed by atoms with E-state index in [2.05, 4.69) is 15.7 Å². The standard InChI is InChI=1S/C20H28N4O/c1-16-14-23-24(15-16)19-10-8-17(9-11-19)20(25)22-13-12-21-18-6-4-2-3-5-7-18/h8-11,14-15,18,21H,2-7,12-13H2,1H3,(H,22,25). The van der Waals surface area contributed by atoms with Crippen molar-refractivity contribution in [2.45, 2.75) is 51.5 Å². The summed E-state index contributed by atoms with van der Waals surface area (Å²) >= 11 is 0. The van der Waals surface area contributed by atoms with Crippen molar-refractivity contribution >= 4 is 5.91 Å². The molecule has 134 valence electrons. The number of rotatable bonds is 6. The fourth-order valence-corrected chi connectivity index (χ4v) is 3.36. The monoisotopic (exact) mass is 340 g/mol. The third-order valence-corrected chi connectivity index (χ3v) is 4.80. The van der Waals surface area contributed by atoms with Crippen LogP contribution in [0.15, 0.2) is 36.7 Å². The molecule has 2 N–H and O–H groups in total. The Morgan fingerprint density at radius 1 is 1.12 bits per heavy atom. The molecule has 1 fully saturated rings. The highest BCUT2D eigenvalue weighted by Crippen LogP contribution is 2.16. The fourth-order valence-electron chi connectivity index (χ4n) is 3.36. The number of benzene rings is 1. The largest absolute Gasteiger partial charge is 0.351 e. The third kappa shape index (κ3) is 5.16. The molecule has 0 spiro atoms. The van der Waals surface area contributed by atoms with E-state index in [1.807, 2.05) is 48.3 Å². The van der Waals surface area contributed by atoms with Crippen LogP contribution in [0.5, 0.6) is 0 Å². The van der Waals surface area contributed by atoms with Crippen LogP contribution in [0.3, 0.4) is 0 Å². The number of hydrogen-bond acceptors (Lipinski definition) is 3. The Morgan fingerprint density at radius 2 is 1.84 bits per heavy atom. The molecular formula is C20H28N4O. The van der Waals surface area contributed by atoms with Crippen molar-refractivity contribution in [2.75, 3.05) is 13.1 Å². The van der Waals surface area contributed by atoms with Crippen LogP contribution in [-0.4, -0.2) is 34.8 Å². The highest BCUT2D eigenvalue weighted by molar-refractivity contribution is 5.94. The lowest BCUT2D eigenvalue weighted by atomic mass is 10.1. The first kappa shape index (κ1) is 17.7. The molecule has 1 heterocycles. The highest BCUT2D eigenvalue weighted by Gasteiger charge is 2.11. The van der Waals surface area contributed by atoms with Crippen LogP contribution in [0.4, 0.5) is 0 Å². The molecular weight excluding hydrogens is 312 g/mol. The molecule has 1 aliphatic rings. The molecule has 1 aromatic carbocycles. The summed E-state index contributed by atoms with van der Waals surface area (Å²) in [7, 11) is 0. The molecule has 1 aromatic heterocycles. The average molecular weight is 340 g/mol. The molecule has 1 saturated carbocycles. The number of carbonyl (C=O) groups is 1. The van der Waals surface area contributed by atoms with E-state index in [4.69, 9.17) is 0 Å². The molecule has 0 unspecified atom stereocenters. The normalized spacial score (nSPS) is 15.7. The Bertz CT molecular complexity index is 669. The molecule has 1 amide bonds. The molecule has 5 heteroatoms. The number of nitrogens with one attached hydrogen (secondary N) is 2. The fraction of sp³-hybridized carbons (Fsp3) is 0.500. The molecule has 1 aliphatic carbocycles. The van der Waals surface area contributed by atoms with Gasteiger partial charge in [0.05, 0.1) is 11.9 Å². The molecule has 0 saturated heterocycles. The van der Waals surface area contributed by atoms with E-state index in [0.29, 0.717) is 18.2 Å². The van der Waals surface area contributed by atoms with E-state index in [1.165, 1.54) is 38.5 Å². The lowest BCUT2D eigenvalue weighted by Crippen LogP contribution is -2.36. The first-order valence-electron chi connectivity index (χ1n) is 9.36. The second-order valence-corrected chi connectivity index (χ2v) is 6.91. The van der Waals surface area contributed by atoms with E-state index in [1.54, 1.807) is 0 Å². The van der Waals surface area contributed by atoms with Crippen LogP contribution < -0.4 is 10.6 Å². The number of aromatic nitrogens is 2. The van der Waals surface area contributed by atoms with Crippen LogP contribution in [0.25, 0.3) is 5.69 Å². The third-order valence-electron chi connectivity index (χ3n) is 4.80. The van der Waals surface area contributed by atoms with Gasteiger partial charge in [-0.15, -0.1) is 0 Å². The van der Waals surface area contributed by atoms with Crippen molar-refractivity contribution in [3.05, 3.63) is 47.8 Å². The zero-order valence-electron chi connectivity index (χ0n) is 15.0. The summed E-state index contributed by atoms with van der Waals surface area (Å²) in [5.74, 6) is -0.0223. The SMILES string of the molecule is Cc1cnn(-c2ccc(C(=O)NCCNC3CCCCCC3)cc2)c1. The van der Waals surface area contributed by atoms with Gasteiger partial charge in [-0.05, 0) is 49.6 Å². The number of hydrogen-bond donors (Lipinski definition) is 2. The van der Waals surface area contributed by atoms with Gasteiger partial charge >= 0.3 is 0 Å². The van der Waals surface area contributed by atoms with Gasteiger partial charge in [-0.25, -0.2) is 4.68 Å². The van der Waals surface area contributed by atoms with Crippen LogP contribution in [0.1, 0.15) is 54.4 Å². The van der Waals surface area contributed by atoms with Crippen molar-refractivity contribution in [3.8, 4) is 5.69 Å². The number of nitrogens with zero attached hydrogens (tertiary/aromatic N) is 2. The number of aryl methyl sites for hydroxylation is 1. The zero-order chi connectivity index (χ0) is 17.5. The summed E-state index contributed by atoms with van der Waals surface area (Å²) in [6, 6.07) is 8.16. The van der Waals surface area contributed by atoms with Gasteiger partial charge in [-0.3, -0.25) is 4.79 Å². The Hall–Kier alpha value is -2.14. The maximum absolute atomic E-state index is 12.2. The van der Waals surface area contributed by atoms with Gasteiger partial charge in [0.15, 0.2) is 0 Å². The molecule has 3 rings (SSSR count). The topological polar surface area (TPSA) is 59.0 Å². The zero-order valence-corrected chi connectivity index (χ0v) is 15.0. The lowest BCUT2D eigenvalue weighted by Gasteiger charge is -2.16. The van der Waals surface area contributed by atoms with Crippen LogP contribution in [0.2, 0.25) is 0 Å². The predicted octanol–water partition coefficient (Wildman–Crippen LogP) is 3.22. The predicted molar refractivity (Wildman–Crippen MR) is 100 cm³/mol. The summed E-state index contributed by atoms with van der Waals surface area (Å²) < 4.78 is 1.81. The van der Waals surface area contributed by atoms with Crippen LogP contribution in [-0.2, 0) is 0 Å².